The molecule has 0 aliphatic heterocycles. The first-order valence-corrected chi connectivity index (χ1v) is 6.85. The summed E-state index contributed by atoms with van der Waals surface area (Å²) in [6.45, 7) is 2.50. The van der Waals surface area contributed by atoms with Gasteiger partial charge in [0.2, 0.25) is 5.78 Å². The van der Waals surface area contributed by atoms with Gasteiger partial charge >= 0.3 is 0 Å². The number of benzene rings is 1. The quantitative estimate of drug-likeness (QED) is 0.797. The van der Waals surface area contributed by atoms with E-state index in [-0.39, 0.29) is 5.78 Å². The molecule has 0 radical (unpaired) electrons. The molecule has 0 bridgehead atoms. The molecular weight excluding hydrogens is 332 g/mol. The van der Waals surface area contributed by atoms with Crippen molar-refractivity contribution in [1.82, 2.24) is 9.78 Å². The molecule has 0 atom stereocenters. The number of aryl methyl sites for hydroxylation is 1. The van der Waals surface area contributed by atoms with Gasteiger partial charge in [-0.2, -0.15) is 5.10 Å². The Bertz CT molecular complexity index is 604. The monoisotopic (exact) mass is 342 g/mol. The van der Waals surface area contributed by atoms with Crippen LogP contribution in [0.2, 0.25) is 5.02 Å². The van der Waals surface area contributed by atoms with Crippen LogP contribution in [0.25, 0.3) is 0 Å². The molecule has 100 valence electrons. The Balaban J connectivity index is 2.55. The lowest BCUT2D eigenvalue weighted by molar-refractivity contribution is 0.102. The van der Waals surface area contributed by atoms with Crippen molar-refractivity contribution in [3.05, 3.63) is 45.1 Å². The van der Waals surface area contributed by atoms with Crippen LogP contribution in [0.5, 0.6) is 5.75 Å². The van der Waals surface area contributed by atoms with Crippen LogP contribution >= 0.6 is 27.5 Å². The van der Waals surface area contributed by atoms with E-state index in [1.807, 2.05) is 6.92 Å². The molecule has 1 aromatic heterocycles. The molecule has 2 aromatic rings. The predicted molar refractivity (Wildman–Crippen MR) is 77.0 cm³/mol. The normalized spacial score (nSPS) is 10.5. The summed E-state index contributed by atoms with van der Waals surface area (Å²) in [5.74, 6) is 0.282. The number of rotatable bonds is 4. The molecule has 4 nitrogen and oxygen atoms in total. The lowest BCUT2D eigenvalue weighted by Gasteiger charge is -2.08. The maximum absolute atomic E-state index is 12.6. The van der Waals surface area contributed by atoms with Gasteiger partial charge in [0.05, 0.1) is 13.3 Å². The summed E-state index contributed by atoms with van der Waals surface area (Å²) in [6, 6.07) is 5.09. The minimum absolute atomic E-state index is 0.175. The van der Waals surface area contributed by atoms with E-state index in [9.17, 15) is 4.79 Å². The van der Waals surface area contributed by atoms with Gasteiger partial charge < -0.3 is 4.74 Å². The van der Waals surface area contributed by atoms with Crippen molar-refractivity contribution in [3.8, 4) is 5.75 Å². The number of aromatic nitrogens is 2. The van der Waals surface area contributed by atoms with Crippen molar-refractivity contribution in [1.29, 1.82) is 0 Å². The number of nitrogens with zero attached hydrogens (tertiary/aromatic N) is 2. The number of carbonyl (C=O) groups excluding carboxylic acids is 1. The van der Waals surface area contributed by atoms with Crippen molar-refractivity contribution >= 4 is 33.3 Å². The molecule has 0 spiro atoms. The molecular formula is C13H12BrClN2O2. The summed E-state index contributed by atoms with van der Waals surface area (Å²) in [7, 11) is 1.51. The maximum Gasteiger partial charge on any atom is 0.216 e. The van der Waals surface area contributed by atoms with Crippen molar-refractivity contribution in [2.75, 3.05) is 7.11 Å². The van der Waals surface area contributed by atoms with Crippen LogP contribution in [0, 0.1) is 0 Å². The average molecular weight is 344 g/mol. The number of methoxy groups -OCH3 is 1. The molecule has 19 heavy (non-hydrogen) atoms. The lowest BCUT2D eigenvalue weighted by atomic mass is 10.1. The zero-order valence-electron chi connectivity index (χ0n) is 10.5. The fourth-order valence-corrected chi connectivity index (χ4v) is 2.38. The second kappa shape index (κ2) is 5.75. The largest absolute Gasteiger partial charge is 0.493 e. The highest BCUT2D eigenvalue weighted by Crippen LogP contribution is 2.27. The van der Waals surface area contributed by atoms with Gasteiger partial charge in [-0.05, 0) is 25.1 Å². The Morgan fingerprint density at radius 2 is 2.26 bits per heavy atom. The molecule has 0 saturated carbocycles. The Labute approximate surface area is 124 Å². The van der Waals surface area contributed by atoms with Gasteiger partial charge in [-0.25, -0.2) is 0 Å². The number of halogens is 2. The van der Waals surface area contributed by atoms with Crippen molar-refractivity contribution in [2.45, 2.75) is 13.5 Å². The average Bonchev–Trinajstić information content (AvgIpc) is 2.83. The fraction of sp³-hybridized carbons (Fsp3) is 0.231. The predicted octanol–water partition coefficient (Wildman–Crippen LogP) is 3.56. The van der Waals surface area contributed by atoms with Gasteiger partial charge in [-0.1, -0.05) is 27.5 Å². The number of hydrogen-bond donors (Lipinski definition) is 0. The Morgan fingerprint density at radius 1 is 1.53 bits per heavy atom. The van der Waals surface area contributed by atoms with Crippen LogP contribution < -0.4 is 4.74 Å². The minimum Gasteiger partial charge on any atom is -0.493 e. The van der Waals surface area contributed by atoms with Crippen LogP contribution in [0.4, 0.5) is 0 Å². The van der Waals surface area contributed by atoms with E-state index in [1.165, 1.54) is 13.3 Å². The highest BCUT2D eigenvalue weighted by Gasteiger charge is 2.22. The molecule has 0 amide bonds. The van der Waals surface area contributed by atoms with E-state index in [2.05, 4.69) is 21.0 Å². The van der Waals surface area contributed by atoms with E-state index in [1.54, 1.807) is 22.9 Å². The third-order valence-corrected chi connectivity index (χ3v) is 3.64. The molecule has 0 N–H and O–H groups in total. The minimum atomic E-state index is -0.175. The van der Waals surface area contributed by atoms with Crippen molar-refractivity contribution < 1.29 is 9.53 Å². The zero-order valence-corrected chi connectivity index (χ0v) is 12.8. The first-order valence-electron chi connectivity index (χ1n) is 5.68. The Hall–Kier alpha value is -1.33. The summed E-state index contributed by atoms with van der Waals surface area (Å²) < 4.78 is 7.48. The van der Waals surface area contributed by atoms with E-state index in [0.29, 0.717) is 33.0 Å². The Kier molecular flexibility index (Phi) is 4.27. The summed E-state index contributed by atoms with van der Waals surface area (Å²) in [5.41, 5.74) is 0.911. The van der Waals surface area contributed by atoms with Crippen LogP contribution in [-0.2, 0) is 6.54 Å². The van der Waals surface area contributed by atoms with E-state index in [4.69, 9.17) is 16.3 Å². The van der Waals surface area contributed by atoms with E-state index < -0.39 is 0 Å². The topological polar surface area (TPSA) is 44.1 Å². The maximum atomic E-state index is 12.6. The summed E-state index contributed by atoms with van der Waals surface area (Å²) in [4.78, 5) is 12.6. The van der Waals surface area contributed by atoms with Gasteiger partial charge in [0.15, 0.2) is 11.4 Å². The van der Waals surface area contributed by atoms with Gasteiger partial charge in [0.1, 0.15) is 0 Å². The number of ether oxygens (including phenoxy) is 1. The molecule has 0 unspecified atom stereocenters. The first kappa shape index (κ1) is 14.1. The fourth-order valence-electron chi connectivity index (χ4n) is 1.79. The van der Waals surface area contributed by atoms with Crippen LogP contribution in [-0.4, -0.2) is 22.7 Å². The molecule has 0 aliphatic carbocycles. The third kappa shape index (κ3) is 2.67. The molecule has 6 heteroatoms. The summed E-state index contributed by atoms with van der Waals surface area (Å²) in [5, 5.41) is 4.63. The second-order valence-electron chi connectivity index (χ2n) is 3.83. The molecule has 0 fully saturated rings. The smallest absolute Gasteiger partial charge is 0.216 e. The molecule has 2 rings (SSSR count). The molecule has 1 heterocycles. The molecule has 0 aliphatic rings. The first-order chi connectivity index (χ1) is 9.08. The third-order valence-electron chi connectivity index (χ3n) is 2.71. The van der Waals surface area contributed by atoms with Crippen molar-refractivity contribution in [3.63, 3.8) is 0 Å². The SMILES string of the molecule is CCn1ncc(OC)c1C(=O)c1cc(Cl)ccc1Br. The second-order valence-corrected chi connectivity index (χ2v) is 5.12. The Morgan fingerprint density at radius 3 is 2.89 bits per heavy atom. The number of carbonyl (C=O) groups is 1. The highest BCUT2D eigenvalue weighted by atomic mass is 79.9. The van der Waals surface area contributed by atoms with Gasteiger partial charge in [0, 0.05) is 21.6 Å². The lowest BCUT2D eigenvalue weighted by Crippen LogP contribution is -2.12. The summed E-state index contributed by atoms with van der Waals surface area (Å²) >= 11 is 9.30. The highest BCUT2D eigenvalue weighted by molar-refractivity contribution is 9.10. The summed E-state index contributed by atoms with van der Waals surface area (Å²) in [6.07, 6.45) is 1.54. The molecule has 0 saturated heterocycles. The van der Waals surface area contributed by atoms with Crippen LogP contribution in [0.3, 0.4) is 0 Å². The standard InChI is InChI=1S/C13H12BrClN2O2/c1-3-17-12(11(19-2)7-16-17)13(18)9-6-8(15)4-5-10(9)14/h4-7H,3H2,1-2H3. The number of hydrogen-bond acceptors (Lipinski definition) is 3. The zero-order chi connectivity index (χ0) is 14.0. The van der Waals surface area contributed by atoms with Gasteiger partial charge in [0.25, 0.3) is 0 Å². The molecule has 1 aromatic carbocycles. The van der Waals surface area contributed by atoms with E-state index in [0.717, 1.165) is 0 Å². The van der Waals surface area contributed by atoms with Gasteiger partial charge in [-0.3, -0.25) is 9.48 Å². The van der Waals surface area contributed by atoms with Crippen molar-refractivity contribution in [2.24, 2.45) is 0 Å². The van der Waals surface area contributed by atoms with Crippen LogP contribution in [0.15, 0.2) is 28.9 Å². The van der Waals surface area contributed by atoms with E-state index >= 15 is 0 Å². The van der Waals surface area contributed by atoms with Gasteiger partial charge in [-0.15, -0.1) is 0 Å². The number of ketones is 1. The van der Waals surface area contributed by atoms with Crippen LogP contribution in [0.1, 0.15) is 23.0 Å².